The summed E-state index contributed by atoms with van der Waals surface area (Å²) in [4.78, 5) is 12.4. The summed E-state index contributed by atoms with van der Waals surface area (Å²) in [6.07, 6.45) is 10.6. The van der Waals surface area contributed by atoms with Gasteiger partial charge < -0.3 is 4.90 Å². The fourth-order valence-electron chi connectivity index (χ4n) is 1.46. The third-order valence-electron chi connectivity index (χ3n) is 2.48. The second kappa shape index (κ2) is 6.02. The van der Waals surface area contributed by atoms with E-state index >= 15 is 0 Å². The molecule has 3 heteroatoms. The molecular formula is C11H16BrNO. The maximum atomic E-state index is 10.3. The highest BCUT2D eigenvalue weighted by Gasteiger charge is 2.17. The van der Waals surface area contributed by atoms with Crippen molar-refractivity contribution < 1.29 is 4.79 Å². The van der Waals surface area contributed by atoms with Crippen LogP contribution in [0.3, 0.4) is 0 Å². The minimum atomic E-state index is 0.575. The van der Waals surface area contributed by atoms with Gasteiger partial charge in [-0.05, 0) is 53.0 Å². The molecule has 1 fully saturated rings. The van der Waals surface area contributed by atoms with Crippen molar-refractivity contribution in [2.24, 2.45) is 5.92 Å². The van der Waals surface area contributed by atoms with Gasteiger partial charge in [-0.1, -0.05) is 6.42 Å². The van der Waals surface area contributed by atoms with Crippen LogP contribution >= 0.6 is 15.9 Å². The van der Waals surface area contributed by atoms with Crippen LogP contribution in [0, 0.1) is 5.92 Å². The van der Waals surface area contributed by atoms with Gasteiger partial charge in [0.1, 0.15) is 0 Å². The van der Waals surface area contributed by atoms with Crippen LogP contribution in [0.4, 0.5) is 0 Å². The van der Waals surface area contributed by atoms with Crippen molar-refractivity contribution in [3.8, 4) is 0 Å². The van der Waals surface area contributed by atoms with Crippen LogP contribution in [0.2, 0.25) is 0 Å². The largest absolute Gasteiger partial charge is 0.380 e. The van der Waals surface area contributed by atoms with E-state index in [0.29, 0.717) is 4.48 Å². The topological polar surface area (TPSA) is 20.3 Å². The summed E-state index contributed by atoms with van der Waals surface area (Å²) in [5.74, 6) is 0.878. The Hall–Kier alpha value is -0.570. The molecule has 0 aromatic heterocycles. The number of carbonyl (C=O) groups excluding carboxylic acids is 1. The van der Waals surface area contributed by atoms with E-state index in [-0.39, 0.29) is 0 Å². The molecule has 0 N–H and O–H groups in total. The maximum absolute atomic E-state index is 10.3. The van der Waals surface area contributed by atoms with E-state index in [2.05, 4.69) is 27.9 Å². The first-order valence-electron chi connectivity index (χ1n) is 4.92. The van der Waals surface area contributed by atoms with Gasteiger partial charge in [0.2, 0.25) is 0 Å². The first kappa shape index (κ1) is 11.5. The number of rotatable bonds is 5. The van der Waals surface area contributed by atoms with Crippen molar-refractivity contribution in [1.82, 2.24) is 4.90 Å². The van der Waals surface area contributed by atoms with Gasteiger partial charge in [0, 0.05) is 13.6 Å². The first-order valence-corrected chi connectivity index (χ1v) is 5.71. The van der Waals surface area contributed by atoms with Crippen molar-refractivity contribution in [1.29, 1.82) is 0 Å². The average molecular weight is 258 g/mol. The molecule has 78 valence electrons. The molecule has 0 aromatic rings. The monoisotopic (exact) mass is 257 g/mol. The summed E-state index contributed by atoms with van der Waals surface area (Å²) in [7, 11) is 2.07. The Morgan fingerprint density at radius 3 is 2.79 bits per heavy atom. The molecule has 0 atom stereocenters. The second-order valence-electron chi connectivity index (χ2n) is 3.75. The lowest BCUT2D eigenvalue weighted by Crippen LogP contribution is -2.25. The Balaban J connectivity index is 2.24. The van der Waals surface area contributed by atoms with Crippen molar-refractivity contribution in [3.63, 3.8) is 0 Å². The minimum Gasteiger partial charge on any atom is -0.380 e. The molecule has 1 rings (SSSR count). The Bertz CT molecular complexity index is 244. The predicted molar refractivity (Wildman–Crippen MR) is 62.2 cm³/mol. The van der Waals surface area contributed by atoms with E-state index in [1.165, 1.54) is 19.3 Å². The highest BCUT2D eigenvalue weighted by atomic mass is 79.9. The smallest absolute Gasteiger partial charge is 0.157 e. The fourth-order valence-corrected chi connectivity index (χ4v) is 1.62. The normalized spacial score (nSPS) is 18.3. The number of halogens is 1. The van der Waals surface area contributed by atoms with E-state index in [4.69, 9.17) is 0 Å². The number of nitrogens with zero attached hydrogens (tertiary/aromatic N) is 1. The van der Waals surface area contributed by atoms with E-state index in [9.17, 15) is 4.79 Å². The minimum absolute atomic E-state index is 0.575. The molecule has 0 aliphatic heterocycles. The lowest BCUT2D eigenvalue weighted by Gasteiger charge is -2.29. The summed E-state index contributed by atoms with van der Waals surface area (Å²) in [6, 6.07) is 0. The zero-order chi connectivity index (χ0) is 10.4. The van der Waals surface area contributed by atoms with Crippen LogP contribution in [0.1, 0.15) is 19.3 Å². The Morgan fingerprint density at radius 2 is 2.29 bits per heavy atom. The van der Waals surface area contributed by atoms with Crippen LogP contribution in [0.15, 0.2) is 22.8 Å². The average Bonchev–Trinajstić information content (AvgIpc) is 2.11. The Kier molecular flexibility index (Phi) is 4.94. The summed E-state index contributed by atoms with van der Waals surface area (Å²) in [5, 5.41) is 0. The van der Waals surface area contributed by atoms with Crippen LogP contribution in [0.25, 0.3) is 0 Å². The van der Waals surface area contributed by atoms with Crippen molar-refractivity contribution >= 4 is 22.2 Å². The van der Waals surface area contributed by atoms with E-state index in [0.717, 1.165) is 18.7 Å². The quantitative estimate of drug-likeness (QED) is 0.429. The first-order chi connectivity index (χ1) is 6.72. The fraction of sp³-hybridized carbons (Fsp3) is 0.545. The molecule has 1 saturated carbocycles. The Morgan fingerprint density at radius 1 is 1.57 bits per heavy atom. The maximum Gasteiger partial charge on any atom is 0.157 e. The molecule has 0 bridgehead atoms. The van der Waals surface area contributed by atoms with Crippen molar-refractivity contribution in [2.45, 2.75) is 19.3 Å². The summed E-state index contributed by atoms with van der Waals surface area (Å²) in [6.45, 7) is 1.13. The third-order valence-corrected chi connectivity index (χ3v) is 2.93. The van der Waals surface area contributed by atoms with E-state index in [1.54, 1.807) is 6.08 Å². The zero-order valence-corrected chi connectivity index (χ0v) is 10.0. The number of aldehydes is 1. The SMILES string of the molecule is CN(/C=C\C=C(\Br)C=O)CC1CCC1. The molecule has 0 saturated heterocycles. The van der Waals surface area contributed by atoms with Gasteiger partial charge in [-0.2, -0.15) is 0 Å². The molecule has 1 aliphatic rings. The van der Waals surface area contributed by atoms with Crippen LogP contribution in [-0.4, -0.2) is 24.8 Å². The van der Waals surface area contributed by atoms with Gasteiger partial charge in [-0.3, -0.25) is 4.79 Å². The molecule has 0 unspecified atom stereocenters. The van der Waals surface area contributed by atoms with Gasteiger partial charge in [0.05, 0.1) is 4.48 Å². The van der Waals surface area contributed by atoms with Gasteiger partial charge >= 0.3 is 0 Å². The lowest BCUT2D eigenvalue weighted by molar-refractivity contribution is -0.104. The molecule has 0 heterocycles. The van der Waals surface area contributed by atoms with Crippen LogP contribution in [-0.2, 0) is 4.79 Å². The van der Waals surface area contributed by atoms with Crippen molar-refractivity contribution in [3.05, 3.63) is 22.8 Å². The lowest BCUT2D eigenvalue weighted by atomic mass is 9.85. The summed E-state index contributed by atoms with van der Waals surface area (Å²) >= 11 is 3.13. The van der Waals surface area contributed by atoms with Crippen LogP contribution < -0.4 is 0 Å². The van der Waals surface area contributed by atoms with Gasteiger partial charge in [-0.15, -0.1) is 0 Å². The molecule has 0 amide bonds. The highest BCUT2D eigenvalue weighted by molar-refractivity contribution is 9.12. The molecule has 14 heavy (non-hydrogen) atoms. The Labute approximate surface area is 93.8 Å². The molecule has 0 radical (unpaired) electrons. The molecule has 1 aliphatic carbocycles. The molecule has 0 aromatic carbocycles. The molecule has 2 nitrogen and oxygen atoms in total. The number of hydrogen-bond acceptors (Lipinski definition) is 2. The van der Waals surface area contributed by atoms with E-state index < -0.39 is 0 Å². The molecular weight excluding hydrogens is 242 g/mol. The highest BCUT2D eigenvalue weighted by Crippen LogP contribution is 2.26. The zero-order valence-electron chi connectivity index (χ0n) is 8.45. The van der Waals surface area contributed by atoms with Crippen molar-refractivity contribution in [2.75, 3.05) is 13.6 Å². The predicted octanol–water partition coefficient (Wildman–Crippen LogP) is 2.71. The number of carbonyl (C=O) groups is 1. The summed E-state index contributed by atoms with van der Waals surface area (Å²) < 4.78 is 0.575. The number of hydrogen-bond donors (Lipinski definition) is 0. The van der Waals surface area contributed by atoms with Crippen LogP contribution in [0.5, 0.6) is 0 Å². The summed E-state index contributed by atoms with van der Waals surface area (Å²) in [5.41, 5.74) is 0. The van der Waals surface area contributed by atoms with Gasteiger partial charge in [0.15, 0.2) is 6.29 Å². The molecule has 0 spiro atoms. The number of allylic oxidation sites excluding steroid dienone is 3. The van der Waals surface area contributed by atoms with E-state index in [1.807, 2.05) is 12.3 Å². The van der Waals surface area contributed by atoms with Gasteiger partial charge in [0.25, 0.3) is 0 Å². The third kappa shape index (κ3) is 4.09. The van der Waals surface area contributed by atoms with Gasteiger partial charge in [-0.25, -0.2) is 0 Å². The second-order valence-corrected chi connectivity index (χ2v) is 4.66. The standard InChI is InChI=1S/C11H16BrNO/c1-13(8-10-4-2-5-10)7-3-6-11(12)9-14/h3,6-7,9-10H,2,4-5,8H2,1H3/b7-3-,11-6+.